The molecule has 0 aromatic rings. The summed E-state index contributed by atoms with van der Waals surface area (Å²) in [7, 11) is -0.490. The van der Waals surface area contributed by atoms with Crippen molar-refractivity contribution in [2.45, 2.75) is 6.92 Å². The van der Waals surface area contributed by atoms with Crippen LogP contribution in [0.2, 0.25) is 0 Å². The van der Waals surface area contributed by atoms with E-state index in [1.54, 1.807) is 6.92 Å². The number of methoxy groups -OCH3 is 1. The maximum absolute atomic E-state index is 11.6. The average molecular weight is 269 g/mol. The van der Waals surface area contributed by atoms with Gasteiger partial charge in [-0.15, -0.1) is 0 Å². The molecule has 0 fully saturated rings. The van der Waals surface area contributed by atoms with Crippen molar-refractivity contribution in [1.29, 1.82) is 0 Å². The van der Waals surface area contributed by atoms with Crippen molar-refractivity contribution in [3.8, 4) is 0 Å². The van der Waals surface area contributed by atoms with E-state index in [2.05, 4.69) is 4.72 Å². The van der Waals surface area contributed by atoms with Crippen molar-refractivity contribution in [1.82, 2.24) is 9.03 Å². The standard InChI is InChI=1S/C8H19N3O3S2/c1-7(8(9)15)6-11(2)16(12,13)10-4-5-14-3/h7,10H,4-6H2,1-3H3,(H2,9,15). The first-order chi connectivity index (χ1) is 7.31. The van der Waals surface area contributed by atoms with E-state index in [1.165, 1.54) is 18.5 Å². The van der Waals surface area contributed by atoms with Gasteiger partial charge < -0.3 is 10.5 Å². The molecule has 0 heterocycles. The fourth-order valence-corrected chi connectivity index (χ4v) is 2.01. The highest BCUT2D eigenvalue weighted by atomic mass is 32.2. The van der Waals surface area contributed by atoms with Gasteiger partial charge in [-0.2, -0.15) is 17.4 Å². The van der Waals surface area contributed by atoms with Crippen LogP contribution in [0.3, 0.4) is 0 Å². The minimum atomic E-state index is -3.47. The first-order valence-electron chi connectivity index (χ1n) is 4.80. The second-order valence-corrected chi connectivity index (χ2v) is 5.81. The summed E-state index contributed by atoms with van der Waals surface area (Å²) in [6.07, 6.45) is 0. The van der Waals surface area contributed by atoms with E-state index in [0.29, 0.717) is 11.6 Å². The zero-order chi connectivity index (χ0) is 12.8. The summed E-state index contributed by atoms with van der Waals surface area (Å²) in [5.74, 6) is -0.154. The second kappa shape index (κ2) is 7.13. The van der Waals surface area contributed by atoms with Gasteiger partial charge in [0.2, 0.25) is 0 Å². The van der Waals surface area contributed by atoms with Crippen LogP contribution in [0.25, 0.3) is 0 Å². The maximum atomic E-state index is 11.6. The van der Waals surface area contributed by atoms with Crippen LogP contribution in [-0.4, -0.2) is 51.6 Å². The summed E-state index contributed by atoms with van der Waals surface area (Å²) in [6, 6.07) is 0. The molecule has 0 rings (SSSR count). The van der Waals surface area contributed by atoms with E-state index < -0.39 is 10.2 Å². The van der Waals surface area contributed by atoms with Crippen molar-refractivity contribution in [2.75, 3.05) is 33.9 Å². The molecule has 8 heteroatoms. The lowest BCUT2D eigenvalue weighted by Crippen LogP contribution is -2.43. The molecule has 3 N–H and O–H groups in total. The molecule has 0 aromatic heterocycles. The Morgan fingerprint density at radius 2 is 2.19 bits per heavy atom. The Hall–Kier alpha value is -0.280. The number of hydrogen-bond donors (Lipinski definition) is 2. The molecule has 0 amide bonds. The van der Waals surface area contributed by atoms with Crippen LogP contribution in [0.4, 0.5) is 0 Å². The van der Waals surface area contributed by atoms with Gasteiger partial charge in [0.05, 0.1) is 11.6 Å². The second-order valence-electron chi connectivity index (χ2n) is 3.48. The molecule has 0 saturated heterocycles. The first kappa shape index (κ1) is 15.7. The van der Waals surface area contributed by atoms with Crippen LogP contribution in [0.15, 0.2) is 0 Å². The predicted molar refractivity (Wildman–Crippen MR) is 67.4 cm³/mol. The van der Waals surface area contributed by atoms with Gasteiger partial charge in [0.25, 0.3) is 10.2 Å². The lowest BCUT2D eigenvalue weighted by atomic mass is 10.2. The van der Waals surface area contributed by atoms with Crippen molar-refractivity contribution in [2.24, 2.45) is 11.7 Å². The molecule has 0 aromatic carbocycles. The van der Waals surface area contributed by atoms with Crippen molar-refractivity contribution >= 4 is 27.4 Å². The molecule has 6 nitrogen and oxygen atoms in total. The summed E-state index contributed by atoms with van der Waals surface area (Å²) < 4.78 is 31.6. The molecule has 0 aliphatic rings. The van der Waals surface area contributed by atoms with Gasteiger partial charge in [-0.3, -0.25) is 0 Å². The number of ether oxygens (including phenoxy) is 1. The number of nitrogens with one attached hydrogen (secondary N) is 1. The molecule has 1 unspecified atom stereocenters. The van der Waals surface area contributed by atoms with E-state index in [1.807, 2.05) is 0 Å². The van der Waals surface area contributed by atoms with E-state index in [9.17, 15) is 8.42 Å². The molecule has 0 bridgehead atoms. The minimum Gasteiger partial charge on any atom is -0.393 e. The highest BCUT2D eigenvalue weighted by Gasteiger charge is 2.19. The topological polar surface area (TPSA) is 84.7 Å². The van der Waals surface area contributed by atoms with E-state index in [0.717, 1.165) is 0 Å². The van der Waals surface area contributed by atoms with Crippen molar-refractivity contribution in [3.63, 3.8) is 0 Å². The lowest BCUT2D eigenvalue weighted by molar-refractivity contribution is 0.204. The Kier molecular flexibility index (Phi) is 7.00. The number of nitrogens with two attached hydrogens (primary N) is 1. The highest BCUT2D eigenvalue weighted by Crippen LogP contribution is 2.02. The SMILES string of the molecule is COCCNS(=O)(=O)N(C)CC(C)C(N)=S. The van der Waals surface area contributed by atoms with Gasteiger partial charge in [0, 0.05) is 33.2 Å². The minimum absolute atomic E-state index is 0.154. The van der Waals surface area contributed by atoms with Crippen LogP contribution in [-0.2, 0) is 14.9 Å². The molecular formula is C8H19N3O3S2. The largest absolute Gasteiger partial charge is 0.393 e. The third kappa shape index (κ3) is 5.71. The molecule has 0 aliphatic heterocycles. The molecule has 0 radical (unpaired) electrons. The van der Waals surface area contributed by atoms with E-state index >= 15 is 0 Å². The van der Waals surface area contributed by atoms with Crippen LogP contribution in [0.5, 0.6) is 0 Å². The Morgan fingerprint density at radius 3 is 2.62 bits per heavy atom. The molecule has 96 valence electrons. The average Bonchev–Trinajstić information content (AvgIpc) is 2.17. The van der Waals surface area contributed by atoms with Gasteiger partial charge in [-0.1, -0.05) is 19.1 Å². The van der Waals surface area contributed by atoms with Crippen LogP contribution in [0.1, 0.15) is 6.92 Å². The smallest absolute Gasteiger partial charge is 0.279 e. The highest BCUT2D eigenvalue weighted by molar-refractivity contribution is 7.87. The molecule has 0 aliphatic carbocycles. The molecule has 16 heavy (non-hydrogen) atoms. The third-order valence-electron chi connectivity index (χ3n) is 2.02. The summed E-state index contributed by atoms with van der Waals surface area (Å²) in [5, 5.41) is 0. The Balaban J connectivity index is 4.24. The molecule has 0 saturated carbocycles. The zero-order valence-electron chi connectivity index (χ0n) is 9.76. The van der Waals surface area contributed by atoms with Crippen LogP contribution in [0, 0.1) is 5.92 Å². The normalized spacial score (nSPS) is 14.0. The number of thiocarbonyl (C=S) groups is 1. The third-order valence-corrected chi connectivity index (χ3v) is 3.96. The molecule has 1 atom stereocenters. The monoisotopic (exact) mass is 269 g/mol. The van der Waals surface area contributed by atoms with Gasteiger partial charge in [0.1, 0.15) is 0 Å². The van der Waals surface area contributed by atoms with Gasteiger partial charge >= 0.3 is 0 Å². The Morgan fingerprint density at radius 1 is 1.62 bits per heavy atom. The lowest BCUT2D eigenvalue weighted by Gasteiger charge is -2.20. The number of rotatable bonds is 8. The summed E-state index contributed by atoms with van der Waals surface area (Å²) in [5.41, 5.74) is 5.42. The Bertz CT molecular complexity index is 318. The zero-order valence-corrected chi connectivity index (χ0v) is 11.4. The van der Waals surface area contributed by atoms with Gasteiger partial charge in [-0.05, 0) is 0 Å². The Labute approximate surface area is 102 Å². The van der Waals surface area contributed by atoms with E-state index in [4.69, 9.17) is 22.7 Å². The van der Waals surface area contributed by atoms with Gasteiger partial charge in [0.15, 0.2) is 0 Å². The van der Waals surface area contributed by atoms with Crippen LogP contribution < -0.4 is 10.5 Å². The summed E-state index contributed by atoms with van der Waals surface area (Å²) >= 11 is 4.78. The van der Waals surface area contributed by atoms with E-state index in [-0.39, 0.29) is 19.0 Å². The van der Waals surface area contributed by atoms with Crippen molar-refractivity contribution < 1.29 is 13.2 Å². The van der Waals surface area contributed by atoms with Crippen LogP contribution >= 0.6 is 12.2 Å². The van der Waals surface area contributed by atoms with Gasteiger partial charge in [-0.25, -0.2) is 0 Å². The number of hydrogen-bond acceptors (Lipinski definition) is 4. The summed E-state index contributed by atoms with van der Waals surface area (Å²) in [6.45, 7) is 2.61. The molecular weight excluding hydrogens is 250 g/mol. The van der Waals surface area contributed by atoms with Crippen molar-refractivity contribution in [3.05, 3.63) is 0 Å². The fourth-order valence-electron chi connectivity index (χ4n) is 0.957. The summed E-state index contributed by atoms with van der Waals surface area (Å²) in [4.78, 5) is 0.305. The predicted octanol–water partition coefficient (Wildman–Crippen LogP) is -0.679. The maximum Gasteiger partial charge on any atom is 0.279 e. The quantitative estimate of drug-likeness (QED) is 0.450. The fraction of sp³-hybridized carbons (Fsp3) is 0.875. The molecule has 0 spiro atoms. The first-order valence-corrected chi connectivity index (χ1v) is 6.65. The number of nitrogens with zero attached hydrogens (tertiary/aromatic N) is 1.